The van der Waals surface area contributed by atoms with Crippen molar-refractivity contribution in [1.29, 1.82) is 0 Å². The molecule has 3 heterocycles. The van der Waals surface area contributed by atoms with Crippen molar-refractivity contribution in [2.45, 2.75) is 6.92 Å². The van der Waals surface area contributed by atoms with Gasteiger partial charge >= 0.3 is 0 Å². The summed E-state index contributed by atoms with van der Waals surface area (Å²) in [4.78, 5) is 3.98. The fraction of sp³-hybridized carbons (Fsp3) is 0.100. The number of fused-ring (bicyclic) bond motifs is 1. The third-order valence-electron chi connectivity index (χ3n) is 2.23. The highest BCUT2D eigenvalue weighted by molar-refractivity contribution is 6.29. The maximum atomic E-state index is 5.76. The molecule has 5 nitrogen and oxygen atoms in total. The molecule has 6 heteroatoms. The molecule has 0 N–H and O–H groups in total. The van der Waals surface area contributed by atoms with Crippen LogP contribution in [0.4, 0.5) is 0 Å². The van der Waals surface area contributed by atoms with Crippen LogP contribution in [-0.4, -0.2) is 19.6 Å². The van der Waals surface area contributed by atoms with Crippen molar-refractivity contribution >= 4 is 17.2 Å². The Morgan fingerprint density at radius 1 is 1.31 bits per heavy atom. The van der Waals surface area contributed by atoms with Gasteiger partial charge in [-0.1, -0.05) is 11.6 Å². The van der Waals surface area contributed by atoms with E-state index in [0.717, 1.165) is 5.76 Å². The first kappa shape index (κ1) is 9.35. The summed E-state index contributed by atoms with van der Waals surface area (Å²) >= 11 is 5.76. The molecule has 0 bridgehead atoms. The highest BCUT2D eigenvalue weighted by Crippen LogP contribution is 2.21. The second-order valence-corrected chi connectivity index (χ2v) is 3.76. The Morgan fingerprint density at radius 3 is 2.94 bits per heavy atom. The van der Waals surface area contributed by atoms with Gasteiger partial charge in [-0.25, -0.2) is 4.98 Å². The fourth-order valence-corrected chi connectivity index (χ4v) is 1.64. The van der Waals surface area contributed by atoms with Crippen molar-refractivity contribution in [2.24, 2.45) is 0 Å². The summed E-state index contributed by atoms with van der Waals surface area (Å²) in [5.41, 5.74) is 0.643. The molecule has 0 unspecified atom stereocenters. The van der Waals surface area contributed by atoms with Crippen molar-refractivity contribution in [3.05, 3.63) is 35.4 Å². The fourth-order valence-electron chi connectivity index (χ4n) is 1.50. The van der Waals surface area contributed by atoms with Crippen molar-refractivity contribution in [1.82, 2.24) is 19.6 Å². The smallest absolute Gasteiger partial charge is 0.205 e. The van der Waals surface area contributed by atoms with Gasteiger partial charge in [-0.3, -0.25) is 4.40 Å². The minimum absolute atomic E-state index is 0.391. The number of aryl methyl sites for hydroxylation is 1. The second-order valence-electron chi connectivity index (χ2n) is 3.37. The Bertz CT molecular complexity index is 658. The van der Waals surface area contributed by atoms with Gasteiger partial charge in [0.2, 0.25) is 5.82 Å². The topological polar surface area (TPSA) is 56.2 Å². The van der Waals surface area contributed by atoms with Gasteiger partial charge in [0.15, 0.2) is 11.4 Å². The normalized spacial score (nSPS) is 11.1. The largest absolute Gasteiger partial charge is 0.458 e. The van der Waals surface area contributed by atoms with Gasteiger partial charge in [-0.05, 0) is 19.1 Å². The first-order valence-corrected chi connectivity index (χ1v) is 5.05. The quantitative estimate of drug-likeness (QED) is 0.607. The Hall–Kier alpha value is -1.88. The Balaban J connectivity index is 2.25. The van der Waals surface area contributed by atoms with Crippen LogP contribution in [0.15, 0.2) is 28.9 Å². The average Bonchev–Trinajstić information content (AvgIpc) is 2.83. The molecular weight excluding hydrogens is 228 g/mol. The number of halogens is 1. The monoisotopic (exact) mass is 234 g/mol. The summed E-state index contributed by atoms with van der Waals surface area (Å²) in [5, 5.41) is 8.43. The van der Waals surface area contributed by atoms with Crippen LogP contribution in [0.1, 0.15) is 5.76 Å². The Kier molecular flexibility index (Phi) is 1.94. The molecule has 3 aromatic heterocycles. The second kappa shape index (κ2) is 3.31. The Morgan fingerprint density at radius 2 is 2.19 bits per heavy atom. The standard InChI is InChI=1S/C10H7ClN4O/c1-6-2-3-7(16-6)10-14-13-9-4-8(11)12-5-15(9)10/h2-5H,1H3. The average molecular weight is 235 g/mol. The van der Waals surface area contributed by atoms with E-state index >= 15 is 0 Å². The number of aromatic nitrogens is 4. The van der Waals surface area contributed by atoms with E-state index in [2.05, 4.69) is 15.2 Å². The van der Waals surface area contributed by atoms with Gasteiger partial charge < -0.3 is 4.42 Å². The summed E-state index contributed by atoms with van der Waals surface area (Å²) < 4.78 is 7.21. The molecule has 0 spiro atoms. The Labute approximate surface area is 95.7 Å². The van der Waals surface area contributed by atoms with E-state index in [1.165, 1.54) is 0 Å². The van der Waals surface area contributed by atoms with Gasteiger partial charge in [-0.2, -0.15) is 0 Å². The third-order valence-corrected chi connectivity index (χ3v) is 2.43. The summed E-state index contributed by atoms with van der Waals surface area (Å²) in [6, 6.07) is 5.37. The molecule has 0 saturated heterocycles. The predicted molar refractivity (Wildman–Crippen MR) is 58.2 cm³/mol. The lowest BCUT2D eigenvalue weighted by Gasteiger charge is -1.95. The van der Waals surface area contributed by atoms with Crippen LogP contribution in [0.5, 0.6) is 0 Å². The molecule has 0 aliphatic rings. The molecule has 0 saturated carbocycles. The van der Waals surface area contributed by atoms with E-state index in [4.69, 9.17) is 16.0 Å². The highest BCUT2D eigenvalue weighted by atomic mass is 35.5. The number of rotatable bonds is 1. The molecule has 80 valence electrons. The molecule has 3 rings (SSSR count). The lowest BCUT2D eigenvalue weighted by Crippen LogP contribution is -1.89. The summed E-state index contributed by atoms with van der Waals surface area (Å²) in [6.45, 7) is 1.88. The third kappa shape index (κ3) is 1.37. The van der Waals surface area contributed by atoms with Gasteiger partial charge in [0, 0.05) is 6.07 Å². The zero-order valence-corrected chi connectivity index (χ0v) is 9.14. The predicted octanol–water partition coefficient (Wildman–Crippen LogP) is 2.35. The molecule has 0 atom stereocenters. The maximum Gasteiger partial charge on any atom is 0.205 e. The molecule has 0 fully saturated rings. The zero-order valence-electron chi connectivity index (χ0n) is 8.38. The minimum atomic E-state index is 0.391. The van der Waals surface area contributed by atoms with Gasteiger partial charge in [0.05, 0.1) is 0 Å². The van der Waals surface area contributed by atoms with E-state index in [-0.39, 0.29) is 0 Å². The number of hydrogen-bond acceptors (Lipinski definition) is 4. The number of hydrogen-bond donors (Lipinski definition) is 0. The van der Waals surface area contributed by atoms with E-state index in [9.17, 15) is 0 Å². The molecule has 0 aromatic carbocycles. The SMILES string of the molecule is Cc1ccc(-c2nnc3cc(Cl)ncn23)o1. The van der Waals surface area contributed by atoms with Crippen LogP contribution in [0, 0.1) is 6.92 Å². The molecule has 3 aromatic rings. The van der Waals surface area contributed by atoms with Crippen molar-refractivity contribution < 1.29 is 4.42 Å². The molecule has 0 amide bonds. The maximum absolute atomic E-state index is 5.76. The van der Waals surface area contributed by atoms with Gasteiger partial charge in [0.25, 0.3) is 0 Å². The van der Waals surface area contributed by atoms with Gasteiger partial charge in [-0.15, -0.1) is 10.2 Å². The van der Waals surface area contributed by atoms with Crippen LogP contribution in [-0.2, 0) is 0 Å². The molecule has 0 aliphatic heterocycles. The van der Waals surface area contributed by atoms with Crippen molar-refractivity contribution in [3.63, 3.8) is 0 Å². The number of nitrogens with zero attached hydrogens (tertiary/aromatic N) is 4. The van der Waals surface area contributed by atoms with E-state index in [0.29, 0.717) is 22.4 Å². The van der Waals surface area contributed by atoms with Gasteiger partial charge in [0.1, 0.15) is 17.2 Å². The van der Waals surface area contributed by atoms with E-state index < -0.39 is 0 Å². The summed E-state index contributed by atoms with van der Waals surface area (Å²) in [7, 11) is 0. The van der Waals surface area contributed by atoms with E-state index in [1.807, 2.05) is 19.1 Å². The highest BCUT2D eigenvalue weighted by Gasteiger charge is 2.11. The molecule has 0 aliphatic carbocycles. The molecular formula is C10H7ClN4O. The summed E-state index contributed by atoms with van der Waals surface area (Å²) in [5.74, 6) is 2.11. The molecule has 16 heavy (non-hydrogen) atoms. The van der Waals surface area contributed by atoms with Crippen LogP contribution in [0.25, 0.3) is 17.2 Å². The van der Waals surface area contributed by atoms with Crippen molar-refractivity contribution in [3.8, 4) is 11.6 Å². The first-order valence-electron chi connectivity index (χ1n) is 4.67. The van der Waals surface area contributed by atoms with E-state index in [1.54, 1.807) is 16.8 Å². The first-order chi connectivity index (χ1) is 7.74. The summed E-state index contributed by atoms with van der Waals surface area (Å²) in [6.07, 6.45) is 1.57. The number of furan rings is 1. The minimum Gasteiger partial charge on any atom is -0.458 e. The lowest BCUT2D eigenvalue weighted by molar-refractivity contribution is 0.543. The van der Waals surface area contributed by atoms with Crippen LogP contribution < -0.4 is 0 Å². The van der Waals surface area contributed by atoms with Crippen LogP contribution >= 0.6 is 11.6 Å². The zero-order chi connectivity index (χ0) is 11.1. The van der Waals surface area contributed by atoms with Crippen LogP contribution in [0.2, 0.25) is 5.15 Å². The van der Waals surface area contributed by atoms with Crippen LogP contribution in [0.3, 0.4) is 0 Å². The molecule has 0 radical (unpaired) electrons. The lowest BCUT2D eigenvalue weighted by atomic mass is 10.4. The van der Waals surface area contributed by atoms with Crippen molar-refractivity contribution in [2.75, 3.05) is 0 Å².